The second-order valence-electron chi connectivity index (χ2n) is 5.78. The molecule has 0 saturated carbocycles. The SMILES string of the molecule is COc1c(C)cc(C(=O)N2C[C@@H](C)[C@H](C(=O)O)C2)cc1C. The second-order valence-corrected chi connectivity index (χ2v) is 5.78. The number of carbonyl (C=O) groups excluding carboxylic acids is 1. The molecule has 2 atom stereocenters. The minimum Gasteiger partial charge on any atom is -0.496 e. The lowest BCUT2D eigenvalue weighted by atomic mass is 9.99. The van der Waals surface area contributed by atoms with E-state index < -0.39 is 11.9 Å². The number of methoxy groups -OCH3 is 1. The molecule has 1 amide bonds. The molecule has 2 rings (SSSR count). The van der Waals surface area contributed by atoms with Gasteiger partial charge < -0.3 is 14.7 Å². The first-order valence-electron chi connectivity index (χ1n) is 7.02. The van der Waals surface area contributed by atoms with E-state index in [0.717, 1.165) is 16.9 Å². The number of likely N-dealkylation sites (tertiary alicyclic amines) is 1. The Kier molecular flexibility index (Phi) is 4.21. The Hall–Kier alpha value is -2.04. The maximum Gasteiger partial charge on any atom is 0.308 e. The molecule has 114 valence electrons. The minimum absolute atomic E-state index is 0.0214. The average molecular weight is 291 g/mol. The van der Waals surface area contributed by atoms with Gasteiger partial charge in [-0.1, -0.05) is 6.92 Å². The van der Waals surface area contributed by atoms with Crippen LogP contribution < -0.4 is 4.74 Å². The smallest absolute Gasteiger partial charge is 0.308 e. The number of aryl methyl sites for hydroxylation is 2. The van der Waals surface area contributed by atoms with Crippen molar-refractivity contribution in [3.8, 4) is 5.75 Å². The van der Waals surface area contributed by atoms with Crippen LogP contribution in [-0.4, -0.2) is 42.1 Å². The number of nitrogens with zero attached hydrogens (tertiary/aromatic N) is 1. The summed E-state index contributed by atoms with van der Waals surface area (Å²) in [4.78, 5) is 25.3. The normalized spacial score (nSPS) is 21.4. The van der Waals surface area contributed by atoms with Crippen LogP contribution in [-0.2, 0) is 4.79 Å². The van der Waals surface area contributed by atoms with E-state index >= 15 is 0 Å². The molecule has 1 aliphatic rings. The molecule has 1 N–H and O–H groups in total. The highest BCUT2D eigenvalue weighted by molar-refractivity contribution is 5.95. The number of carboxylic acids is 1. The van der Waals surface area contributed by atoms with Gasteiger partial charge in [-0.25, -0.2) is 0 Å². The zero-order valence-electron chi connectivity index (χ0n) is 12.8. The first kappa shape index (κ1) is 15.4. The van der Waals surface area contributed by atoms with Crippen LogP contribution in [0.5, 0.6) is 5.75 Å². The van der Waals surface area contributed by atoms with Crippen molar-refractivity contribution in [3.63, 3.8) is 0 Å². The topological polar surface area (TPSA) is 66.8 Å². The molecule has 1 saturated heterocycles. The summed E-state index contributed by atoms with van der Waals surface area (Å²) < 4.78 is 5.30. The second kappa shape index (κ2) is 5.76. The molecule has 1 aromatic rings. The summed E-state index contributed by atoms with van der Waals surface area (Å²) in [5.74, 6) is -0.662. The summed E-state index contributed by atoms with van der Waals surface area (Å²) in [7, 11) is 1.61. The Balaban J connectivity index is 2.24. The predicted octanol–water partition coefficient (Wildman–Crippen LogP) is 2.10. The zero-order chi connectivity index (χ0) is 15.7. The van der Waals surface area contributed by atoms with Gasteiger partial charge in [-0.2, -0.15) is 0 Å². The van der Waals surface area contributed by atoms with Gasteiger partial charge in [0.05, 0.1) is 13.0 Å². The van der Waals surface area contributed by atoms with Gasteiger partial charge in [0, 0.05) is 18.7 Å². The number of carbonyl (C=O) groups is 2. The van der Waals surface area contributed by atoms with Crippen LogP contribution in [0.3, 0.4) is 0 Å². The first-order valence-corrected chi connectivity index (χ1v) is 7.02. The van der Waals surface area contributed by atoms with E-state index in [2.05, 4.69) is 0 Å². The molecule has 5 heteroatoms. The molecular formula is C16H21NO4. The number of carboxylic acid groups (broad SMARTS) is 1. The third kappa shape index (κ3) is 2.86. The average Bonchev–Trinajstić information content (AvgIpc) is 2.79. The van der Waals surface area contributed by atoms with E-state index in [0.29, 0.717) is 12.1 Å². The van der Waals surface area contributed by atoms with Crippen LogP contribution in [0.1, 0.15) is 28.4 Å². The predicted molar refractivity (Wildman–Crippen MR) is 78.7 cm³/mol. The lowest BCUT2D eigenvalue weighted by Crippen LogP contribution is -2.30. The molecule has 1 fully saturated rings. The van der Waals surface area contributed by atoms with Crippen molar-refractivity contribution in [1.82, 2.24) is 4.90 Å². The lowest BCUT2D eigenvalue weighted by molar-refractivity contribution is -0.142. The van der Waals surface area contributed by atoms with Gasteiger partial charge in [-0.3, -0.25) is 9.59 Å². The number of amides is 1. The molecule has 5 nitrogen and oxygen atoms in total. The van der Waals surface area contributed by atoms with Gasteiger partial charge >= 0.3 is 5.97 Å². The van der Waals surface area contributed by atoms with E-state index in [9.17, 15) is 9.59 Å². The highest BCUT2D eigenvalue weighted by Crippen LogP contribution is 2.28. The van der Waals surface area contributed by atoms with Crippen molar-refractivity contribution in [2.24, 2.45) is 11.8 Å². The number of rotatable bonds is 3. The summed E-state index contributed by atoms with van der Waals surface area (Å²) in [5, 5.41) is 9.16. The number of ether oxygens (including phenoxy) is 1. The number of benzene rings is 1. The standard InChI is InChI=1S/C16H21NO4/c1-9-5-12(6-10(2)14(9)21-4)15(18)17-7-11(3)13(8-17)16(19)20/h5-6,11,13H,7-8H2,1-4H3,(H,19,20)/t11-,13-/m1/s1. The molecule has 0 unspecified atom stereocenters. The monoisotopic (exact) mass is 291 g/mol. The van der Waals surface area contributed by atoms with Crippen molar-refractivity contribution < 1.29 is 19.4 Å². The van der Waals surface area contributed by atoms with E-state index in [1.54, 1.807) is 24.1 Å². The molecule has 21 heavy (non-hydrogen) atoms. The summed E-state index contributed by atoms with van der Waals surface area (Å²) in [6.07, 6.45) is 0. The van der Waals surface area contributed by atoms with Gasteiger partial charge in [0.2, 0.25) is 0 Å². The van der Waals surface area contributed by atoms with Crippen molar-refractivity contribution in [2.45, 2.75) is 20.8 Å². The third-order valence-corrected chi connectivity index (χ3v) is 4.13. The van der Waals surface area contributed by atoms with Crippen LogP contribution >= 0.6 is 0 Å². The van der Waals surface area contributed by atoms with Crippen LogP contribution in [0.25, 0.3) is 0 Å². The largest absolute Gasteiger partial charge is 0.496 e. The van der Waals surface area contributed by atoms with Crippen LogP contribution in [0.2, 0.25) is 0 Å². The van der Waals surface area contributed by atoms with Crippen molar-refractivity contribution >= 4 is 11.9 Å². The van der Waals surface area contributed by atoms with Crippen molar-refractivity contribution in [1.29, 1.82) is 0 Å². The summed E-state index contributed by atoms with van der Waals surface area (Å²) in [6, 6.07) is 3.60. The fourth-order valence-corrected chi connectivity index (χ4v) is 3.03. The number of hydrogen-bond acceptors (Lipinski definition) is 3. The van der Waals surface area contributed by atoms with Gasteiger partial charge in [0.15, 0.2) is 0 Å². The highest BCUT2D eigenvalue weighted by Gasteiger charge is 2.37. The Labute approximate surface area is 124 Å². The molecule has 0 aromatic heterocycles. The maximum atomic E-state index is 12.6. The summed E-state index contributed by atoms with van der Waals surface area (Å²) >= 11 is 0. The zero-order valence-corrected chi connectivity index (χ0v) is 12.8. The lowest BCUT2D eigenvalue weighted by Gasteiger charge is -2.18. The highest BCUT2D eigenvalue weighted by atomic mass is 16.5. The maximum absolute atomic E-state index is 12.6. The van der Waals surface area contributed by atoms with E-state index in [1.807, 2.05) is 20.8 Å². The Morgan fingerprint density at radius 2 is 1.81 bits per heavy atom. The first-order chi connectivity index (χ1) is 9.85. The van der Waals surface area contributed by atoms with Crippen LogP contribution in [0.15, 0.2) is 12.1 Å². The van der Waals surface area contributed by atoms with Gasteiger partial charge in [0.25, 0.3) is 5.91 Å². The van der Waals surface area contributed by atoms with Crippen molar-refractivity contribution in [2.75, 3.05) is 20.2 Å². The van der Waals surface area contributed by atoms with E-state index in [-0.39, 0.29) is 18.4 Å². The Bertz CT molecular complexity index is 559. The number of hydrogen-bond donors (Lipinski definition) is 1. The minimum atomic E-state index is -0.833. The van der Waals surface area contributed by atoms with E-state index in [1.165, 1.54) is 0 Å². The molecule has 0 aliphatic carbocycles. The van der Waals surface area contributed by atoms with E-state index in [4.69, 9.17) is 9.84 Å². The quantitative estimate of drug-likeness (QED) is 0.926. The number of aliphatic carboxylic acids is 1. The Morgan fingerprint density at radius 3 is 2.24 bits per heavy atom. The fraction of sp³-hybridized carbons (Fsp3) is 0.500. The molecule has 0 bridgehead atoms. The van der Waals surface area contributed by atoms with Crippen LogP contribution in [0.4, 0.5) is 0 Å². The fourth-order valence-electron chi connectivity index (χ4n) is 3.03. The van der Waals surface area contributed by atoms with Gasteiger partial charge in [-0.05, 0) is 43.0 Å². The summed E-state index contributed by atoms with van der Waals surface area (Å²) in [6.45, 7) is 6.43. The van der Waals surface area contributed by atoms with Gasteiger partial charge in [0.1, 0.15) is 5.75 Å². The third-order valence-electron chi connectivity index (χ3n) is 4.13. The summed E-state index contributed by atoms with van der Waals surface area (Å²) in [5.41, 5.74) is 2.40. The Morgan fingerprint density at radius 1 is 1.24 bits per heavy atom. The van der Waals surface area contributed by atoms with Crippen molar-refractivity contribution in [3.05, 3.63) is 28.8 Å². The molecule has 1 aliphatic heterocycles. The molecule has 1 aromatic carbocycles. The molecule has 0 radical (unpaired) electrons. The molecule has 0 spiro atoms. The molecular weight excluding hydrogens is 270 g/mol. The van der Waals surface area contributed by atoms with Gasteiger partial charge in [-0.15, -0.1) is 0 Å². The van der Waals surface area contributed by atoms with Crippen LogP contribution in [0, 0.1) is 25.7 Å². The molecule has 1 heterocycles.